The number of thiazole rings is 1. The quantitative estimate of drug-likeness (QED) is 0.750. The van der Waals surface area contributed by atoms with E-state index in [0.29, 0.717) is 18.8 Å². The molecule has 0 aliphatic rings. The van der Waals surface area contributed by atoms with E-state index in [2.05, 4.69) is 15.3 Å². The lowest BCUT2D eigenvalue weighted by atomic mass is 10.4. The van der Waals surface area contributed by atoms with Crippen LogP contribution in [-0.4, -0.2) is 27.0 Å². The second-order valence-electron chi connectivity index (χ2n) is 3.74. The first-order valence-electron chi connectivity index (χ1n) is 5.68. The van der Waals surface area contributed by atoms with Gasteiger partial charge in [0.25, 0.3) is 5.91 Å². The van der Waals surface area contributed by atoms with Gasteiger partial charge in [-0.2, -0.15) is 0 Å². The second-order valence-corrected chi connectivity index (χ2v) is 4.68. The van der Waals surface area contributed by atoms with Crippen molar-refractivity contribution in [3.63, 3.8) is 0 Å². The topological polar surface area (TPSA) is 85.8 Å². The Bertz CT molecular complexity index is 493. The Kier molecular flexibility index (Phi) is 4.43. The summed E-state index contributed by atoms with van der Waals surface area (Å²) in [6.45, 7) is 1.83. The number of nitrogens with two attached hydrogens (primary N) is 1. The van der Waals surface area contributed by atoms with Gasteiger partial charge in [-0.05, 0) is 6.42 Å². The van der Waals surface area contributed by atoms with Crippen LogP contribution in [-0.2, 0) is 13.1 Å². The van der Waals surface area contributed by atoms with Crippen molar-refractivity contribution in [3.8, 4) is 0 Å². The SMILES string of the molecule is NCc1nc(C(=O)NCCCn2ccnc2)cs1. The molecule has 2 aromatic rings. The number of rotatable bonds is 6. The fourth-order valence-electron chi connectivity index (χ4n) is 1.48. The van der Waals surface area contributed by atoms with Crippen LogP contribution in [0.1, 0.15) is 21.9 Å². The van der Waals surface area contributed by atoms with E-state index in [1.54, 1.807) is 17.9 Å². The zero-order valence-electron chi connectivity index (χ0n) is 9.87. The number of carbonyl (C=O) groups excluding carboxylic acids is 1. The summed E-state index contributed by atoms with van der Waals surface area (Å²) in [5.74, 6) is -0.142. The minimum absolute atomic E-state index is 0.142. The van der Waals surface area contributed by atoms with Gasteiger partial charge in [0.2, 0.25) is 0 Å². The monoisotopic (exact) mass is 265 g/mol. The van der Waals surface area contributed by atoms with Gasteiger partial charge in [0.15, 0.2) is 0 Å². The molecule has 6 nitrogen and oxygen atoms in total. The van der Waals surface area contributed by atoms with E-state index >= 15 is 0 Å². The van der Waals surface area contributed by atoms with Gasteiger partial charge in [0.05, 0.1) is 6.33 Å². The molecule has 0 radical (unpaired) electrons. The van der Waals surface area contributed by atoms with Crippen molar-refractivity contribution < 1.29 is 4.79 Å². The molecule has 96 valence electrons. The molecular formula is C11H15N5OS. The average Bonchev–Trinajstić information content (AvgIpc) is 3.05. The summed E-state index contributed by atoms with van der Waals surface area (Å²) in [6, 6.07) is 0. The molecule has 1 amide bonds. The Labute approximate surface area is 109 Å². The van der Waals surface area contributed by atoms with Gasteiger partial charge in [-0.3, -0.25) is 4.79 Å². The smallest absolute Gasteiger partial charge is 0.270 e. The Balaban J connectivity index is 1.71. The standard InChI is InChI=1S/C11H15N5OS/c12-6-10-15-9(7-18-10)11(17)14-2-1-4-16-5-3-13-8-16/h3,5,7-8H,1-2,4,6,12H2,(H,14,17). The third-order valence-corrected chi connectivity index (χ3v) is 3.27. The zero-order chi connectivity index (χ0) is 12.8. The summed E-state index contributed by atoms with van der Waals surface area (Å²) < 4.78 is 1.97. The van der Waals surface area contributed by atoms with E-state index in [0.717, 1.165) is 18.0 Å². The summed E-state index contributed by atoms with van der Waals surface area (Å²) in [7, 11) is 0. The van der Waals surface area contributed by atoms with Crippen LogP contribution in [0.4, 0.5) is 0 Å². The molecule has 0 aliphatic heterocycles. The molecule has 0 atom stereocenters. The number of hydrogen-bond donors (Lipinski definition) is 2. The first kappa shape index (κ1) is 12.7. The van der Waals surface area contributed by atoms with Gasteiger partial charge in [-0.25, -0.2) is 9.97 Å². The van der Waals surface area contributed by atoms with Gasteiger partial charge < -0.3 is 15.6 Å². The van der Waals surface area contributed by atoms with Crippen LogP contribution in [0.3, 0.4) is 0 Å². The van der Waals surface area contributed by atoms with Crippen molar-refractivity contribution in [1.82, 2.24) is 19.9 Å². The van der Waals surface area contributed by atoms with E-state index in [9.17, 15) is 4.79 Å². The fraction of sp³-hybridized carbons (Fsp3) is 0.364. The first-order valence-corrected chi connectivity index (χ1v) is 6.56. The number of hydrogen-bond acceptors (Lipinski definition) is 5. The van der Waals surface area contributed by atoms with E-state index in [1.807, 2.05) is 10.8 Å². The van der Waals surface area contributed by atoms with Crippen molar-refractivity contribution >= 4 is 17.2 Å². The molecule has 0 saturated heterocycles. The van der Waals surface area contributed by atoms with Gasteiger partial charge in [-0.15, -0.1) is 11.3 Å². The van der Waals surface area contributed by atoms with Gasteiger partial charge in [0, 0.05) is 37.4 Å². The lowest BCUT2D eigenvalue weighted by molar-refractivity contribution is 0.0948. The molecule has 0 aliphatic carbocycles. The van der Waals surface area contributed by atoms with E-state index in [-0.39, 0.29) is 5.91 Å². The number of nitrogens with zero attached hydrogens (tertiary/aromatic N) is 3. The van der Waals surface area contributed by atoms with Crippen LogP contribution in [0.25, 0.3) is 0 Å². The number of amides is 1. The van der Waals surface area contributed by atoms with Crippen LogP contribution < -0.4 is 11.1 Å². The van der Waals surface area contributed by atoms with E-state index in [4.69, 9.17) is 5.73 Å². The molecule has 0 unspecified atom stereocenters. The first-order chi connectivity index (χ1) is 8.79. The Morgan fingerprint density at radius 2 is 2.44 bits per heavy atom. The Hall–Kier alpha value is -1.73. The molecular weight excluding hydrogens is 250 g/mol. The Morgan fingerprint density at radius 1 is 1.56 bits per heavy atom. The van der Waals surface area contributed by atoms with Gasteiger partial charge in [-0.1, -0.05) is 0 Å². The van der Waals surface area contributed by atoms with Crippen LogP contribution in [0.5, 0.6) is 0 Å². The van der Waals surface area contributed by atoms with E-state index in [1.165, 1.54) is 11.3 Å². The number of carbonyl (C=O) groups is 1. The molecule has 0 aromatic carbocycles. The summed E-state index contributed by atoms with van der Waals surface area (Å²) in [5, 5.41) is 5.34. The van der Waals surface area contributed by atoms with Gasteiger partial charge >= 0.3 is 0 Å². The van der Waals surface area contributed by atoms with E-state index < -0.39 is 0 Å². The highest BCUT2D eigenvalue weighted by Crippen LogP contribution is 2.08. The average molecular weight is 265 g/mol. The van der Waals surface area contributed by atoms with Crippen molar-refractivity contribution in [2.45, 2.75) is 19.5 Å². The molecule has 2 rings (SSSR count). The highest BCUT2D eigenvalue weighted by molar-refractivity contribution is 7.09. The number of nitrogens with one attached hydrogen (secondary N) is 1. The van der Waals surface area contributed by atoms with Crippen LogP contribution in [0.2, 0.25) is 0 Å². The van der Waals surface area contributed by atoms with Crippen molar-refractivity contribution in [2.24, 2.45) is 5.73 Å². The zero-order valence-corrected chi connectivity index (χ0v) is 10.7. The van der Waals surface area contributed by atoms with Crippen molar-refractivity contribution in [1.29, 1.82) is 0 Å². The summed E-state index contributed by atoms with van der Waals surface area (Å²) in [4.78, 5) is 19.8. The maximum Gasteiger partial charge on any atom is 0.270 e. The highest BCUT2D eigenvalue weighted by atomic mass is 32.1. The predicted molar refractivity (Wildman–Crippen MR) is 69.2 cm³/mol. The third-order valence-electron chi connectivity index (χ3n) is 2.40. The molecule has 2 aromatic heterocycles. The lowest BCUT2D eigenvalue weighted by Gasteiger charge is -2.03. The maximum atomic E-state index is 11.7. The molecule has 0 bridgehead atoms. The molecule has 0 spiro atoms. The van der Waals surface area contributed by atoms with Crippen molar-refractivity contribution in [2.75, 3.05) is 6.54 Å². The molecule has 18 heavy (non-hydrogen) atoms. The summed E-state index contributed by atoms with van der Waals surface area (Å²) >= 11 is 1.41. The molecule has 2 heterocycles. The predicted octanol–water partition coefficient (Wildman–Crippen LogP) is 0.618. The number of aromatic nitrogens is 3. The number of aryl methyl sites for hydroxylation is 1. The molecule has 0 fully saturated rings. The fourth-order valence-corrected chi connectivity index (χ4v) is 2.14. The maximum absolute atomic E-state index is 11.7. The van der Waals surface area contributed by atoms with Crippen LogP contribution in [0, 0.1) is 0 Å². The Morgan fingerprint density at radius 3 is 3.11 bits per heavy atom. The molecule has 7 heteroatoms. The molecule has 3 N–H and O–H groups in total. The van der Waals surface area contributed by atoms with Crippen LogP contribution >= 0.6 is 11.3 Å². The lowest BCUT2D eigenvalue weighted by Crippen LogP contribution is -2.25. The largest absolute Gasteiger partial charge is 0.351 e. The van der Waals surface area contributed by atoms with Crippen LogP contribution in [0.15, 0.2) is 24.1 Å². The minimum Gasteiger partial charge on any atom is -0.351 e. The summed E-state index contributed by atoms with van der Waals surface area (Å²) in [5.41, 5.74) is 5.89. The van der Waals surface area contributed by atoms with Gasteiger partial charge in [0.1, 0.15) is 10.7 Å². The van der Waals surface area contributed by atoms with Crippen molar-refractivity contribution in [3.05, 3.63) is 34.8 Å². The molecule has 0 saturated carbocycles. The highest BCUT2D eigenvalue weighted by Gasteiger charge is 2.08. The minimum atomic E-state index is -0.142. The number of imidazole rings is 1. The second kappa shape index (κ2) is 6.27. The summed E-state index contributed by atoms with van der Waals surface area (Å²) in [6.07, 6.45) is 6.25. The normalized spacial score (nSPS) is 10.5. The third kappa shape index (κ3) is 3.38.